The van der Waals surface area contributed by atoms with Crippen LogP contribution in [0.4, 0.5) is 0 Å². The zero-order chi connectivity index (χ0) is 16.3. The van der Waals surface area contributed by atoms with Gasteiger partial charge in [-0.3, -0.25) is 0 Å². The Morgan fingerprint density at radius 3 is 1.11 bits per heavy atom. The SMILES string of the molecule is CO.COP[SiH3].C[Si](C)(C)O[Si](C)(C)O[Si](C)(C)C. The summed E-state index contributed by atoms with van der Waals surface area (Å²) in [5, 5.41) is 7.00. The lowest BCUT2D eigenvalue weighted by Gasteiger charge is -2.35. The molecular formula is C10H35O4PSi4. The van der Waals surface area contributed by atoms with Gasteiger partial charge in [0.2, 0.25) is 0 Å². The zero-order valence-corrected chi connectivity index (χ0v) is 20.7. The third kappa shape index (κ3) is 28.1. The summed E-state index contributed by atoms with van der Waals surface area (Å²) >= 11 is 0. The molecule has 9 heteroatoms. The van der Waals surface area contributed by atoms with Crippen molar-refractivity contribution in [3.05, 3.63) is 0 Å². The molecule has 0 bridgehead atoms. The smallest absolute Gasteiger partial charge is 0.311 e. The Morgan fingerprint density at radius 2 is 1.00 bits per heavy atom. The van der Waals surface area contributed by atoms with E-state index < -0.39 is 25.2 Å². The number of aliphatic hydroxyl groups excluding tert-OH is 1. The van der Waals surface area contributed by atoms with E-state index in [4.69, 9.17) is 13.3 Å². The standard InChI is InChI=1S/C8H24O2Si3.CH7OPSi.CH4O/c1-11(2,3)9-13(7,8)10-12(4,5)6;1-2-3-4;1-2/h1-8H3;3H,1,4H3;2H,1H3. The molecule has 0 aromatic carbocycles. The maximum atomic E-state index is 7.00. The van der Waals surface area contributed by atoms with Gasteiger partial charge in [0.05, 0.1) is 9.91 Å². The van der Waals surface area contributed by atoms with E-state index in [1.54, 1.807) is 7.11 Å². The predicted octanol–water partition coefficient (Wildman–Crippen LogP) is 2.51. The molecule has 0 heterocycles. The minimum atomic E-state index is -1.85. The van der Waals surface area contributed by atoms with Gasteiger partial charge in [0, 0.05) is 14.2 Å². The van der Waals surface area contributed by atoms with Crippen LogP contribution in [0.25, 0.3) is 0 Å². The number of aliphatic hydroxyl groups is 1. The lowest BCUT2D eigenvalue weighted by molar-refractivity contribution is 0.395. The molecule has 0 aliphatic carbocycles. The van der Waals surface area contributed by atoms with E-state index >= 15 is 0 Å². The van der Waals surface area contributed by atoms with Crippen molar-refractivity contribution in [3.63, 3.8) is 0 Å². The third-order valence-corrected chi connectivity index (χ3v) is 11.8. The summed E-state index contributed by atoms with van der Waals surface area (Å²) in [6.45, 7) is 17.6. The highest BCUT2D eigenvalue weighted by atomic mass is 31.3. The van der Waals surface area contributed by atoms with E-state index in [1.165, 1.54) is 9.91 Å². The maximum absolute atomic E-state index is 7.00. The number of hydrogen-bond acceptors (Lipinski definition) is 4. The molecule has 0 amide bonds. The normalized spacial score (nSPS) is 12.8. The van der Waals surface area contributed by atoms with E-state index in [0.717, 1.165) is 15.5 Å². The topological polar surface area (TPSA) is 47.9 Å². The fourth-order valence-electron chi connectivity index (χ4n) is 1.50. The molecule has 0 spiro atoms. The highest BCUT2D eigenvalue weighted by molar-refractivity contribution is 7.62. The first-order valence-electron chi connectivity index (χ1n) is 6.38. The molecule has 0 aromatic heterocycles. The molecule has 0 aliphatic rings. The number of hydrogen-bond donors (Lipinski definition) is 1. The van der Waals surface area contributed by atoms with Gasteiger partial charge < -0.3 is 17.9 Å². The van der Waals surface area contributed by atoms with E-state index in [-0.39, 0.29) is 0 Å². The highest BCUT2D eigenvalue weighted by Gasteiger charge is 2.35. The summed E-state index contributed by atoms with van der Waals surface area (Å²) in [5.41, 5.74) is 0. The molecule has 120 valence electrons. The van der Waals surface area contributed by atoms with Gasteiger partial charge in [-0.15, -0.1) is 0 Å². The Kier molecular flexibility index (Phi) is 15.5. The van der Waals surface area contributed by atoms with Crippen molar-refractivity contribution in [2.75, 3.05) is 14.2 Å². The van der Waals surface area contributed by atoms with Gasteiger partial charge in [0.25, 0.3) is 0 Å². The summed E-state index contributed by atoms with van der Waals surface area (Å²) in [4.78, 5) is 0. The minimum Gasteiger partial charge on any atom is -0.437 e. The largest absolute Gasteiger partial charge is 0.437 e. The molecule has 1 unspecified atom stereocenters. The summed E-state index contributed by atoms with van der Waals surface area (Å²) in [6.07, 6.45) is 0. The summed E-state index contributed by atoms with van der Waals surface area (Å²) in [6, 6.07) is 0. The Hall–Kier alpha value is 1.14. The first-order valence-corrected chi connectivity index (χ1v) is 20.4. The fraction of sp³-hybridized carbons (Fsp3) is 1.00. The van der Waals surface area contributed by atoms with Gasteiger partial charge in [0.15, 0.2) is 16.6 Å². The van der Waals surface area contributed by atoms with Crippen molar-refractivity contribution in [1.29, 1.82) is 0 Å². The molecule has 1 N–H and O–H groups in total. The Balaban J connectivity index is -0.000000361. The van der Waals surface area contributed by atoms with E-state index in [9.17, 15) is 0 Å². The predicted molar refractivity (Wildman–Crippen MR) is 99.7 cm³/mol. The number of rotatable bonds is 5. The first kappa shape index (κ1) is 25.1. The van der Waals surface area contributed by atoms with Crippen molar-refractivity contribution < 1.29 is 17.9 Å². The van der Waals surface area contributed by atoms with Gasteiger partial charge in [-0.25, -0.2) is 0 Å². The molecule has 0 rings (SSSR count). The molecule has 0 aromatic rings. The third-order valence-electron chi connectivity index (χ3n) is 1.31. The molecular weight excluding hydrogens is 327 g/mol. The van der Waals surface area contributed by atoms with Crippen LogP contribution in [0, 0.1) is 0 Å². The molecule has 19 heavy (non-hydrogen) atoms. The highest BCUT2D eigenvalue weighted by Crippen LogP contribution is 2.19. The zero-order valence-electron chi connectivity index (χ0n) is 14.7. The lowest BCUT2D eigenvalue weighted by atomic mass is 11.8. The van der Waals surface area contributed by atoms with Crippen molar-refractivity contribution in [2.24, 2.45) is 0 Å². The Morgan fingerprint density at radius 1 is 0.789 bits per heavy atom. The lowest BCUT2D eigenvalue weighted by Crippen LogP contribution is -2.50. The van der Waals surface area contributed by atoms with Crippen LogP contribution >= 0.6 is 8.36 Å². The summed E-state index contributed by atoms with van der Waals surface area (Å²) < 4.78 is 16.8. The second kappa shape index (κ2) is 11.8. The van der Waals surface area contributed by atoms with Crippen LogP contribution in [0.15, 0.2) is 0 Å². The molecule has 0 fully saturated rings. The van der Waals surface area contributed by atoms with Crippen molar-refractivity contribution in [3.8, 4) is 0 Å². The van der Waals surface area contributed by atoms with Crippen LogP contribution in [0.2, 0.25) is 52.4 Å². The monoisotopic (exact) mass is 362 g/mol. The second-order valence-corrected chi connectivity index (χ2v) is 21.2. The molecule has 1 atom stereocenters. The van der Waals surface area contributed by atoms with E-state index in [2.05, 4.69) is 56.9 Å². The molecule has 0 aliphatic heterocycles. The Labute approximate surface area is 128 Å². The second-order valence-electron chi connectivity index (χ2n) is 6.24. The molecule has 4 nitrogen and oxygen atoms in total. The van der Waals surface area contributed by atoms with Gasteiger partial charge in [-0.05, 0) is 60.7 Å². The summed E-state index contributed by atoms with van der Waals surface area (Å²) in [5.74, 6) is 0. The van der Waals surface area contributed by atoms with Crippen LogP contribution in [-0.4, -0.2) is 54.4 Å². The first-order chi connectivity index (χ1) is 8.33. The van der Waals surface area contributed by atoms with Crippen LogP contribution in [0.1, 0.15) is 0 Å². The van der Waals surface area contributed by atoms with Crippen molar-refractivity contribution >= 4 is 43.5 Å². The van der Waals surface area contributed by atoms with Gasteiger partial charge >= 0.3 is 8.56 Å². The molecule has 0 saturated carbocycles. The summed E-state index contributed by atoms with van der Waals surface area (Å²) in [7, 11) is -0.0154. The van der Waals surface area contributed by atoms with Crippen LogP contribution in [0.3, 0.4) is 0 Å². The molecule has 0 saturated heterocycles. The average molecular weight is 363 g/mol. The average Bonchev–Trinajstić information content (AvgIpc) is 2.13. The fourth-order valence-corrected chi connectivity index (χ4v) is 13.8. The van der Waals surface area contributed by atoms with Gasteiger partial charge in [0.1, 0.15) is 0 Å². The quantitative estimate of drug-likeness (QED) is 0.603. The van der Waals surface area contributed by atoms with E-state index in [0.29, 0.717) is 0 Å². The maximum Gasteiger partial charge on any atom is 0.311 e. The Bertz CT molecular complexity index is 185. The van der Waals surface area contributed by atoms with E-state index in [1.807, 2.05) is 0 Å². The van der Waals surface area contributed by atoms with Crippen LogP contribution in [-0.2, 0) is 12.8 Å². The van der Waals surface area contributed by atoms with Crippen molar-refractivity contribution in [2.45, 2.75) is 52.4 Å². The van der Waals surface area contributed by atoms with Crippen LogP contribution < -0.4 is 0 Å². The van der Waals surface area contributed by atoms with Crippen molar-refractivity contribution in [1.82, 2.24) is 0 Å². The molecule has 0 radical (unpaired) electrons. The van der Waals surface area contributed by atoms with Crippen LogP contribution in [0.5, 0.6) is 0 Å². The van der Waals surface area contributed by atoms with Gasteiger partial charge in [-0.1, -0.05) is 0 Å². The van der Waals surface area contributed by atoms with Gasteiger partial charge in [-0.2, -0.15) is 0 Å². The minimum absolute atomic E-state index is 0.779.